The summed E-state index contributed by atoms with van der Waals surface area (Å²) in [6.07, 6.45) is 20.7. The van der Waals surface area contributed by atoms with Crippen LogP contribution in [-0.2, 0) is 19.1 Å². The van der Waals surface area contributed by atoms with Crippen molar-refractivity contribution in [3.05, 3.63) is 24.3 Å². The lowest BCUT2D eigenvalue weighted by Gasteiger charge is -2.39. The summed E-state index contributed by atoms with van der Waals surface area (Å²) in [6.45, 7) is 5.32. The van der Waals surface area contributed by atoms with Gasteiger partial charge >= 0.3 is 11.9 Å². The Hall–Kier alpha value is -1.62. The van der Waals surface area contributed by atoms with Crippen LogP contribution in [0.25, 0.3) is 0 Å². The molecule has 0 radical (unpaired) electrons. The average Bonchev–Trinajstić information content (AvgIpc) is 2.68. The maximum absolute atomic E-state index is 11.5. The molecule has 1 saturated carbocycles. The van der Waals surface area contributed by atoms with Crippen LogP contribution in [-0.4, -0.2) is 35.9 Å². The van der Waals surface area contributed by atoms with Crippen LogP contribution in [0, 0.1) is 11.8 Å². The molecule has 0 aromatic heterocycles. The van der Waals surface area contributed by atoms with Gasteiger partial charge in [-0.1, -0.05) is 57.3 Å². The second-order valence-electron chi connectivity index (χ2n) is 8.75. The lowest BCUT2D eigenvalue weighted by atomic mass is 9.69. The summed E-state index contributed by atoms with van der Waals surface area (Å²) in [5.74, 6) is 0.270. The van der Waals surface area contributed by atoms with Crippen molar-refractivity contribution in [1.82, 2.24) is 0 Å². The van der Waals surface area contributed by atoms with E-state index in [2.05, 4.69) is 13.0 Å². The van der Waals surface area contributed by atoms with Crippen molar-refractivity contribution in [3.8, 4) is 0 Å². The van der Waals surface area contributed by atoms with Crippen molar-refractivity contribution >= 4 is 11.9 Å². The van der Waals surface area contributed by atoms with E-state index in [4.69, 9.17) is 14.6 Å². The van der Waals surface area contributed by atoms with Crippen LogP contribution in [0.15, 0.2) is 24.3 Å². The molecule has 5 nitrogen and oxygen atoms in total. The molecule has 4 atom stereocenters. The van der Waals surface area contributed by atoms with Crippen LogP contribution in [0.3, 0.4) is 0 Å². The van der Waals surface area contributed by atoms with E-state index in [1.165, 1.54) is 46.0 Å². The molecule has 178 valence electrons. The lowest BCUT2D eigenvalue weighted by molar-refractivity contribution is -0.153. The fourth-order valence-corrected chi connectivity index (χ4v) is 4.21. The van der Waals surface area contributed by atoms with E-state index in [9.17, 15) is 9.59 Å². The number of hydrogen-bond acceptors (Lipinski definition) is 5. The summed E-state index contributed by atoms with van der Waals surface area (Å²) in [4.78, 5) is 22.9. The van der Waals surface area contributed by atoms with Gasteiger partial charge < -0.3 is 14.6 Å². The van der Waals surface area contributed by atoms with Crippen molar-refractivity contribution < 1.29 is 24.2 Å². The highest BCUT2D eigenvalue weighted by molar-refractivity contribution is 5.66. The minimum atomic E-state index is -0.240. The fourth-order valence-electron chi connectivity index (χ4n) is 4.21. The van der Waals surface area contributed by atoms with Gasteiger partial charge in [-0.2, -0.15) is 0 Å². The van der Waals surface area contributed by atoms with Gasteiger partial charge in [-0.15, -0.1) is 0 Å². The first-order chi connectivity index (χ1) is 15.0. The van der Waals surface area contributed by atoms with Crippen LogP contribution in [0.4, 0.5) is 0 Å². The Kier molecular flexibility index (Phi) is 15.0. The molecule has 0 spiro atoms. The predicted octanol–water partition coefficient (Wildman–Crippen LogP) is 5.90. The van der Waals surface area contributed by atoms with Gasteiger partial charge in [0, 0.05) is 26.4 Å². The highest BCUT2D eigenvalue weighted by Crippen LogP contribution is 2.40. The molecule has 0 aromatic rings. The molecule has 0 amide bonds. The Balaban J connectivity index is 2.50. The van der Waals surface area contributed by atoms with Crippen molar-refractivity contribution in [2.75, 3.05) is 6.61 Å². The number of aliphatic hydroxyl groups is 1. The molecule has 1 N–H and O–H groups in total. The first-order valence-electron chi connectivity index (χ1n) is 12.3. The third-order valence-electron chi connectivity index (χ3n) is 6.03. The van der Waals surface area contributed by atoms with Crippen LogP contribution in [0.1, 0.15) is 97.8 Å². The first-order valence-corrected chi connectivity index (χ1v) is 12.3. The Labute approximate surface area is 189 Å². The van der Waals surface area contributed by atoms with Gasteiger partial charge in [0.25, 0.3) is 0 Å². The van der Waals surface area contributed by atoms with Crippen LogP contribution >= 0.6 is 0 Å². The number of rotatable bonds is 17. The average molecular weight is 437 g/mol. The molecule has 0 saturated heterocycles. The number of esters is 2. The van der Waals surface area contributed by atoms with Gasteiger partial charge in [-0.05, 0) is 56.9 Å². The van der Waals surface area contributed by atoms with Crippen molar-refractivity contribution in [2.24, 2.45) is 11.8 Å². The molecule has 1 rings (SSSR count). The zero-order valence-electron chi connectivity index (χ0n) is 19.9. The van der Waals surface area contributed by atoms with Gasteiger partial charge in [0.15, 0.2) is 0 Å². The molecule has 31 heavy (non-hydrogen) atoms. The van der Waals surface area contributed by atoms with Gasteiger partial charge in [0.1, 0.15) is 12.2 Å². The Morgan fingerprint density at radius 2 is 1.58 bits per heavy atom. The van der Waals surface area contributed by atoms with E-state index in [1.807, 2.05) is 18.2 Å². The minimum absolute atomic E-state index is 0.0714. The SMILES string of the molecule is CCCCCCCCC(C=CC=CC1CCC1C(CCCCO)OC(C)=O)OC(C)=O. The molecule has 0 heterocycles. The Bertz CT molecular complexity index is 554. The molecular formula is C26H44O5. The van der Waals surface area contributed by atoms with Gasteiger partial charge in [-0.25, -0.2) is 0 Å². The number of allylic oxidation sites excluding steroid dienone is 3. The van der Waals surface area contributed by atoms with Crippen molar-refractivity contribution in [3.63, 3.8) is 0 Å². The van der Waals surface area contributed by atoms with E-state index in [0.29, 0.717) is 11.8 Å². The summed E-state index contributed by atoms with van der Waals surface area (Å²) in [7, 11) is 0. The number of unbranched alkanes of at least 4 members (excludes halogenated alkanes) is 6. The third-order valence-corrected chi connectivity index (χ3v) is 6.03. The topological polar surface area (TPSA) is 72.8 Å². The monoisotopic (exact) mass is 436 g/mol. The summed E-state index contributed by atoms with van der Waals surface area (Å²) < 4.78 is 11.0. The number of ether oxygens (including phenoxy) is 2. The summed E-state index contributed by atoms with van der Waals surface area (Å²) >= 11 is 0. The highest BCUT2D eigenvalue weighted by atomic mass is 16.5. The van der Waals surface area contributed by atoms with Crippen LogP contribution < -0.4 is 0 Å². The lowest BCUT2D eigenvalue weighted by Crippen LogP contribution is -2.37. The van der Waals surface area contributed by atoms with E-state index >= 15 is 0 Å². The zero-order chi connectivity index (χ0) is 22.9. The van der Waals surface area contributed by atoms with Crippen LogP contribution in [0.2, 0.25) is 0 Å². The Morgan fingerprint density at radius 1 is 0.903 bits per heavy atom. The van der Waals surface area contributed by atoms with Gasteiger partial charge in [-0.3, -0.25) is 9.59 Å². The van der Waals surface area contributed by atoms with E-state index in [1.54, 1.807) is 0 Å². The summed E-state index contributed by atoms with van der Waals surface area (Å²) in [6, 6.07) is 0. The molecule has 1 aliphatic rings. The van der Waals surface area contributed by atoms with E-state index in [-0.39, 0.29) is 30.8 Å². The smallest absolute Gasteiger partial charge is 0.303 e. The molecule has 0 aliphatic heterocycles. The summed E-state index contributed by atoms with van der Waals surface area (Å²) in [5.41, 5.74) is 0. The maximum Gasteiger partial charge on any atom is 0.303 e. The predicted molar refractivity (Wildman–Crippen MR) is 125 cm³/mol. The molecule has 0 aromatic carbocycles. The number of aliphatic hydroxyl groups excluding tert-OH is 1. The second-order valence-corrected chi connectivity index (χ2v) is 8.75. The number of carbonyl (C=O) groups is 2. The fraction of sp³-hybridized carbons (Fsp3) is 0.769. The standard InChI is InChI=1S/C26H44O5/c1-4-5-6-7-8-9-15-24(30-21(2)28)16-11-10-14-23-18-19-25(23)26(31-22(3)29)17-12-13-20-27/h10-11,14,16,23-27H,4-9,12-13,15,17-20H2,1-3H3. The Morgan fingerprint density at radius 3 is 2.19 bits per heavy atom. The zero-order valence-corrected chi connectivity index (χ0v) is 19.9. The van der Waals surface area contributed by atoms with Gasteiger partial charge in [0.2, 0.25) is 0 Å². The molecule has 1 aliphatic carbocycles. The number of carbonyl (C=O) groups excluding carboxylic acids is 2. The largest absolute Gasteiger partial charge is 0.462 e. The van der Waals surface area contributed by atoms with Crippen molar-refractivity contribution in [1.29, 1.82) is 0 Å². The maximum atomic E-state index is 11.5. The molecule has 4 unspecified atom stereocenters. The van der Waals surface area contributed by atoms with E-state index in [0.717, 1.165) is 44.9 Å². The number of hydrogen-bond donors (Lipinski definition) is 1. The molecule has 0 bridgehead atoms. The molecular weight excluding hydrogens is 392 g/mol. The minimum Gasteiger partial charge on any atom is -0.462 e. The second kappa shape index (κ2) is 17.0. The third kappa shape index (κ3) is 12.7. The van der Waals surface area contributed by atoms with Gasteiger partial charge in [0.05, 0.1) is 0 Å². The normalized spacial score (nSPS) is 20.5. The first kappa shape index (κ1) is 27.4. The molecule has 5 heteroatoms. The highest BCUT2D eigenvalue weighted by Gasteiger charge is 2.36. The quantitative estimate of drug-likeness (QED) is 0.174. The van der Waals surface area contributed by atoms with Crippen LogP contribution in [0.5, 0.6) is 0 Å². The van der Waals surface area contributed by atoms with Crippen molar-refractivity contribution in [2.45, 2.75) is 110 Å². The van der Waals surface area contributed by atoms with E-state index < -0.39 is 0 Å². The summed E-state index contributed by atoms with van der Waals surface area (Å²) in [5, 5.41) is 9.01. The molecule has 1 fully saturated rings.